The summed E-state index contributed by atoms with van der Waals surface area (Å²) in [6.45, 7) is 3.84. The summed E-state index contributed by atoms with van der Waals surface area (Å²) in [5.74, 6) is 0.964. The third-order valence-corrected chi connectivity index (χ3v) is 5.08. The van der Waals surface area contributed by atoms with Crippen molar-refractivity contribution in [2.24, 2.45) is 0 Å². The molecular weight excluding hydrogens is 374 g/mol. The predicted octanol–water partition coefficient (Wildman–Crippen LogP) is 6.27. The van der Waals surface area contributed by atoms with Gasteiger partial charge in [0, 0.05) is 11.9 Å². The van der Waals surface area contributed by atoms with Crippen LogP contribution in [-0.4, -0.2) is 19.2 Å². The molecule has 0 aliphatic heterocycles. The molecule has 158 valence electrons. The fourth-order valence-electron chi connectivity index (χ4n) is 3.41. The van der Waals surface area contributed by atoms with Gasteiger partial charge in [0.05, 0.1) is 6.61 Å². The van der Waals surface area contributed by atoms with E-state index in [0.717, 1.165) is 50.0 Å². The molecule has 0 aliphatic rings. The summed E-state index contributed by atoms with van der Waals surface area (Å²) < 4.78 is 11.2. The first-order valence-corrected chi connectivity index (χ1v) is 10.9. The Hall–Kier alpha value is -3.01. The highest BCUT2D eigenvalue weighted by atomic mass is 16.5. The van der Waals surface area contributed by atoms with Gasteiger partial charge in [0.15, 0.2) is 0 Å². The van der Waals surface area contributed by atoms with Gasteiger partial charge in [-0.15, -0.1) is 0 Å². The quantitative estimate of drug-likeness (QED) is 0.383. The molecule has 4 heteroatoms. The number of hydrogen-bond donors (Lipinski definition) is 1. The van der Waals surface area contributed by atoms with Gasteiger partial charge in [-0.3, -0.25) is 0 Å². The highest BCUT2D eigenvalue weighted by molar-refractivity contribution is 5.91. The molecule has 0 saturated heterocycles. The molecule has 0 aliphatic carbocycles. The molecule has 1 amide bonds. The maximum Gasteiger partial charge on any atom is 0.407 e. The zero-order chi connectivity index (χ0) is 21.0. The Bertz CT molecular complexity index is 924. The largest absolute Gasteiger partial charge is 0.493 e. The number of hydrogen-bond acceptors (Lipinski definition) is 3. The van der Waals surface area contributed by atoms with Crippen LogP contribution in [0.25, 0.3) is 10.8 Å². The van der Waals surface area contributed by atoms with Gasteiger partial charge >= 0.3 is 6.09 Å². The van der Waals surface area contributed by atoms with E-state index >= 15 is 0 Å². The monoisotopic (exact) mass is 405 g/mol. The Morgan fingerprint density at radius 2 is 1.63 bits per heavy atom. The molecule has 3 aromatic carbocycles. The molecule has 30 heavy (non-hydrogen) atoms. The highest BCUT2D eigenvalue weighted by Crippen LogP contribution is 2.29. The van der Waals surface area contributed by atoms with Crippen molar-refractivity contribution >= 4 is 16.9 Å². The summed E-state index contributed by atoms with van der Waals surface area (Å²) in [7, 11) is 0. The summed E-state index contributed by atoms with van der Waals surface area (Å²) in [5, 5.41) is 5.26. The molecule has 3 aromatic rings. The average Bonchev–Trinajstić information content (AvgIpc) is 2.79. The van der Waals surface area contributed by atoms with E-state index in [1.165, 1.54) is 16.3 Å². The summed E-state index contributed by atoms with van der Waals surface area (Å²) >= 11 is 0. The van der Waals surface area contributed by atoms with Crippen LogP contribution in [0.2, 0.25) is 0 Å². The van der Waals surface area contributed by atoms with E-state index < -0.39 is 0 Å². The summed E-state index contributed by atoms with van der Waals surface area (Å²) in [5.41, 5.74) is 2.31. The second kappa shape index (κ2) is 11.9. The number of fused-ring (bicyclic) bond motifs is 1. The van der Waals surface area contributed by atoms with Crippen molar-refractivity contribution < 1.29 is 14.3 Å². The SMILES string of the molecule is CCCCOc1ccc(CCCCNC(=O)OCc2ccccc2)c2ccccc12. The average molecular weight is 406 g/mol. The van der Waals surface area contributed by atoms with Crippen LogP contribution in [0.5, 0.6) is 5.75 Å². The lowest BCUT2D eigenvalue weighted by molar-refractivity contribution is 0.139. The number of unbranched alkanes of at least 4 members (excludes halogenated alkanes) is 2. The van der Waals surface area contributed by atoms with E-state index in [9.17, 15) is 4.79 Å². The third-order valence-electron chi connectivity index (χ3n) is 5.08. The van der Waals surface area contributed by atoms with Crippen LogP contribution in [0, 0.1) is 0 Å². The molecule has 0 aromatic heterocycles. The minimum atomic E-state index is -0.363. The fourth-order valence-corrected chi connectivity index (χ4v) is 3.41. The van der Waals surface area contributed by atoms with Crippen molar-refractivity contribution in [3.63, 3.8) is 0 Å². The van der Waals surface area contributed by atoms with Crippen LogP contribution >= 0.6 is 0 Å². The molecular formula is C26H31NO3. The Balaban J connectivity index is 1.43. The first-order valence-electron chi connectivity index (χ1n) is 10.9. The third kappa shape index (κ3) is 6.51. The van der Waals surface area contributed by atoms with Gasteiger partial charge in [0.2, 0.25) is 0 Å². The lowest BCUT2D eigenvalue weighted by Crippen LogP contribution is -2.25. The Labute approximate surface area is 179 Å². The molecule has 0 spiro atoms. The van der Waals surface area contributed by atoms with E-state index in [2.05, 4.69) is 48.6 Å². The van der Waals surface area contributed by atoms with E-state index in [1.54, 1.807) is 0 Å². The molecule has 0 fully saturated rings. The zero-order valence-corrected chi connectivity index (χ0v) is 17.7. The predicted molar refractivity (Wildman–Crippen MR) is 122 cm³/mol. The number of carbonyl (C=O) groups is 1. The standard InChI is InChI=1S/C26H31NO3/c1-2-3-19-29-25-17-16-22(23-14-7-8-15-24(23)25)13-9-10-18-27-26(28)30-20-21-11-5-4-6-12-21/h4-8,11-12,14-17H,2-3,9-10,13,18-20H2,1H3,(H,27,28). The smallest absolute Gasteiger partial charge is 0.407 e. The van der Waals surface area contributed by atoms with Crippen LogP contribution in [0.4, 0.5) is 4.79 Å². The van der Waals surface area contributed by atoms with Crippen molar-refractivity contribution in [1.82, 2.24) is 5.32 Å². The number of amides is 1. The number of benzene rings is 3. The first-order chi connectivity index (χ1) is 14.8. The highest BCUT2D eigenvalue weighted by Gasteiger charge is 2.07. The molecule has 1 N–H and O–H groups in total. The number of ether oxygens (including phenoxy) is 2. The number of rotatable bonds is 11. The summed E-state index contributed by atoms with van der Waals surface area (Å²) in [6.07, 6.45) is 4.71. The zero-order valence-electron chi connectivity index (χ0n) is 17.7. The molecule has 4 nitrogen and oxygen atoms in total. The van der Waals surface area contributed by atoms with Crippen LogP contribution in [0.1, 0.15) is 43.7 Å². The van der Waals surface area contributed by atoms with E-state index in [1.807, 2.05) is 30.3 Å². The maximum atomic E-state index is 11.8. The van der Waals surface area contributed by atoms with E-state index in [-0.39, 0.29) is 6.09 Å². The second-order valence-electron chi connectivity index (χ2n) is 7.42. The molecule has 0 heterocycles. The first kappa shape index (κ1) is 21.7. The van der Waals surface area contributed by atoms with Crippen molar-refractivity contribution in [3.05, 3.63) is 77.9 Å². The van der Waals surface area contributed by atoms with E-state index in [4.69, 9.17) is 9.47 Å². The number of carbonyl (C=O) groups excluding carboxylic acids is 1. The van der Waals surface area contributed by atoms with E-state index in [0.29, 0.717) is 13.2 Å². The van der Waals surface area contributed by atoms with Crippen LogP contribution in [0.15, 0.2) is 66.7 Å². The van der Waals surface area contributed by atoms with Crippen molar-refractivity contribution in [2.75, 3.05) is 13.2 Å². The summed E-state index contributed by atoms with van der Waals surface area (Å²) in [6, 6.07) is 22.4. The van der Waals surface area contributed by atoms with Crippen molar-refractivity contribution in [3.8, 4) is 5.75 Å². The van der Waals surface area contributed by atoms with Crippen LogP contribution in [-0.2, 0) is 17.8 Å². The lowest BCUT2D eigenvalue weighted by atomic mass is 9.99. The molecule has 3 rings (SSSR count). The number of aryl methyl sites for hydroxylation is 1. The van der Waals surface area contributed by atoms with Gasteiger partial charge in [-0.2, -0.15) is 0 Å². The second-order valence-corrected chi connectivity index (χ2v) is 7.42. The molecule has 0 unspecified atom stereocenters. The van der Waals surface area contributed by atoms with Gasteiger partial charge in [0.1, 0.15) is 12.4 Å². The van der Waals surface area contributed by atoms with Gasteiger partial charge in [-0.05, 0) is 48.3 Å². The Kier molecular flexibility index (Phi) is 8.58. The van der Waals surface area contributed by atoms with Crippen LogP contribution < -0.4 is 10.1 Å². The van der Waals surface area contributed by atoms with Gasteiger partial charge in [-0.1, -0.05) is 74.0 Å². The van der Waals surface area contributed by atoms with Crippen molar-refractivity contribution in [1.29, 1.82) is 0 Å². The lowest BCUT2D eigenvalue weighted by Gasteiger charge is -2.13. The normalized spacial score (nSPS) is 10.7. The number of nitrogens with one attached hydrogen (secondary N) is 1. The minimum Gasteiger partial charge on any atom is -0.493 e. The molecule has 0 atom stereocenters. The molecule has 0 bridgehead atoms. The minimum absolute atomic E-state index is 0.297. The maximum absolute atomic E-state index is 11.8. The Morgan fingerprint density at radius 3 is 2.43 bits per heavy atom. The fraction of sp³-hybridized carbons (Fsp3) is 0.346. The van der Waals surface area contributed by atoms with Gasteiger partial charge in [0.25, 0.3) is 0 Å². The summed E-state index contributed by atoms with van der Waals surface area (Å²) in [4.78, 5) is 11.8. The van der Waals surface area contributed by atoms with Gasteiger partial charge < -0.3 is 14.8 Å². The Morgan fingerprint density at radius 1 is 0.867 bits per heavy atom. The topological polar surface area (TPSA) is 47.6 Å². The molecule has 0 saturated carbocycles. The van der Waals surface area contributed by atoms with Crippen LogP contribution in [0.3, 0.4) is 0 Å². The molecule has 0 radical (unpaired) electrons. The van der Waals surface area contributed by atoms with Gasteiger partial charge in [-0.25, -0.2) is 4.79 Å². The number of alkyl carbamates (subject to hydrolysis) is 1. The van der Waals surface area contributed by atoms with Crippen molar-refractivity contribution in [2.45, 2.75) is 45.6 Å².